The van der Waals surface area contributed by atoms with Gasteiger partial charge in [-0.2, -0.15) is 0 Å². The minimum atomic E-state index is -3.83. The Bertz CT molecular complexity index is 992. The number of carbonyl (C=O) groups is 1. The zero-order valence-electron chi connectivity index (χ0n) is 16.6. The van der Waals surface area contributed by atoms with Gasteiger partial charge in [0.05, 0.1) is 4.90 Å². The first kappa shape index (κ1) is 20.4. The summed E-state index contributed by atoms with van der Waals surface area (Å²) in [7, 11) is -3.83. The monoisotopic (exact) mass is 402 g/mol. The van der Waals surface area contributed by atoms with Gasteiger partial charge in [-0.25, -0.2) is 13.6 Å². The quantitative estimate of drug-likeness (QED) is 0.851. The van der Waals surface area contributed by atoms with Gasteiger partial charge in [-0.15, -0.1) is 0 Å². The van der Waals surface area contributed by atoms with Crippen molar-refractivity contribution in [2.45, 2.75) is 50.5 Å². The van der Waals surface area contributed by atoms with Crippen molar-refractivity contribution in [2.24, 2.45) is 5.14 Å². The van der Waals surface area contributed by atoms with Crippen LogP contribution < -0.4 is 14.8 Å². The molecule has 2 aromatic carbocycles. The molecule has 0 fully saturated rings. The Morgan fingerprint density at radius 2 is 1.79 bits per heavy atom. The molecule has 2 aromatic rings. The van der Waals surface area contributed by atoms with Gasteiger partial charge in [-0.05, 0) is 54.2 Å². The molecule has 1 aliphatic heterocycles. The molecule has 3 rings (SSSR count). The summed E-state index contributed by atoms with van der Waals surface area (Å²) in [5.41, 5.74) is 2.72. The van der Waals surface area contributed by atoms with Crippen molar-refractivity contribution in [2.75, 3.05) is 11.4 Å². The summed E-state index contributed by atoms with van der Waals surface area (Å²) in [5.74, 6) is 0.400. The number of rotatable bonds is 4. The largest absolute Gasteiger partial charge is 0.481 e. The SMILES string of the molecule is CC(Oc1ccc(C(C)(C)C)cc1)C(=O)N1CCc2ccc(S(N)(=O)=O)cc21. The van der Waals surface area contributed by atoms with E-state index in [-0.39, 0.29) is 16.2 Å². The van der Waals surface area contributed by atoms with Gasteiger partial charge >= 0.3 is 0 Å². The Morgan fingerprint density at radius 3 is 2.36 bits per heavy atom. The van der Waals surface area contributed by atoms with Gasteiger partial charge in [0.2, 0.25) is 10.0 Å². The molecule has 1 atom stereocenters. The van der Waals surface area contributed by atoms with Crippen LogP contribution in [0.2, 0.25) is 0 Å². The van der Waals surface area contributed by atoms with Crippen LogP contribution in [0.1, 0.15) is 38.8 Å². The smallest absolute Gasteiger partial charge is 0.267 e. The molecule has 6 nitrogen and oxygen atoms in total. The molecule has 0 radical (unpaired) electrons. The zero-order chi connectivity index (χ0) is 20.7. The van der Waals surface area contributed by atoms with Crippen LogP contribution in [0.15, 0.2) is 47.4 Å². The molecule has 1 aliphatic rings. The molecule has 2 N–H and O–H groups in total. The van der Waals surface area contributed by atoms with Crippen LogP contribution in [0.4, 0.5) is 5.69 Å². The van der Waals surface area contributed by atoms with Gasteiger partial charge in [0, 0.05) is 12.2 Å². The molecule has 0 saturated heterocycles. The predicted octanol–water partition coefficient (Wildman–Crippen LogP) is 2.99. The maximum atomic E-state index is 12.9. The predicted molar refractivity (Wildman–Crippen MR) is 109 cm³/mol. The van der Waals surface area contributed by atoms with Crippen molar-refractivity contribution >= 4 is 21.6 Å². The van der Waals surface area contributed by atoms with E-state index >= 15 is 0 Å². The second-order valence-electron chi connectivity index (χ2n) is 8.11. The van der Waals surface area contributed by atoms with Gasteiger partial charge < -0.3 is 9.64 Å². The molecule has 7 heteroatoms. The van der Waals surface area contributed by atoms with Crippen LogP contribution in [-0.2, 0) is 26.7 Å². The maximum absolute atomic E-state index is 12.9. The fraction of sp³-hybridized carbons (Fsp3) is 0.381. The molecule has 1 unspecified atom stereocenters. The number of primary sulfonamides is 1. The van der Waals surface area contributed by atoms with Crippen molar-refractivity contribution in [1.29, 1.82) is 0 Å². The maximum Gasteiger partial charge on any atom is 0.267 e. The number of hydrogen-bond donors (Lipinski definition) is 1. The van der Waals surface area contributed by atoms with E-state index in [2.05, 4.69) is 20.8 Å². The molecule has 0 spiro atoms. The van der Waals surface area contributed by atoms with Crippen LogP contribution in [0.25, 0.3) is 0 Å². The third-order valence-electron chi connectivity index (χ3n) is 4.93. The van der Waals surface area contributed by atoms with E-state index in [1.165, 1.54) is 17.7 Å². The Labute approximate surface area is 166 Å². The number of fused-ring (bicyclic) bond motifs is 1. The number of sulfonamides is 1. The molecule has 0 bridgehead atoms. The molecule has 0 aromatic heterocycles. The highest BCUT2D eigenvalue weighted by molar-refractivity contribution is 7.89. The molecular formula is C21H26N2O4S. The molecule has 1 amide bonds. The minimum Gasteiger partial charge on any atom is -0.481 e. The van der Waals surface area contributed by atoms with Crippen LogP contribution in [0.3, 0.4) is 0 Å². The van der Waals surface area contributed by atoms with E-state index in [0.717, 1.165) is 5.56 Å². The lowest BCUT2D eigenvalue weighted by molar-refractivity contribution is -0.124. The summed E-state index contributed by atoms with van der Waals surface area (Å²) in [6.07, 6.45) is -0.0384. The third-order valence-corrected chi connectivity index (χ3v) is 5.84. The van der Waals surface area contributed by atoms with Crippen molar-refractivity contribution in [1.82, 2.24) is 0 Å². The molecule has 0 saturated carbocycles. The fourth-order valence-corrected chi connectivity index (χ4v) is 3.81. The molecule has 28 heavy (non-hydrogen) atoms. The third kappa shape index (κ3) is 4.20. The number of carbonyl (C=O) groups excluding carboxylic acids is 1. The average Bonchev–Trinajstić information content (AvgIpc) is 3.03. The molecule has 150 valence electrons. The van der Waals surface area contributed by atoms with E-state index in [9.17, 15) is 13.2 Å². The second kappa shape index (κ2) is 7.22. The van der Waals surface area contributed by atoms with Gasteiger partial charge in [0.1, 0.15) is 5.75 Å². The summed E-state index contributed by atoms with van der Waals surface area (Å²) in [4.78, 5) is 14.5. The number of nitrogens with two attached hydrogens (primary N) is 1. The lowest BCUT2D eigenvalue weighted by Crippen LogP contribution is -2.39. The second-order valence-corrected chi connectivity index (χ2v) is 9.67. The van der Waals surface area contributed by atoms with E-state index in [1.807, 2.05) is 24.3 Å². The van der Waals surface area contributed by atoms with Gasteiger partial charge in [-0.1, -0.05) is 39.0 Å². The summed E-state index contributed by atoms with van der Waals surface area (Å²) in [6.45, 7) is 8.58. The highest BCUT2D eigenvalue weighted by Gasteiger charge is 2.30. The Morgan fingerprint density at radius 1 is 1.14 bits per heavy atom. The highest BCUT2D eigenvalue weighted by atomic mass is 32.2. The molecule has 0 aliphatic carbocycles. The first-order valence-corrected chi connectivity index (χ1v) is 10.8. The number of nitrogens with zero attached hydrogens (tertiary/aromatic N) is 1. The zero-order valence-corrected chi connectivity index (χ0v) is 17.4. The summed E-state index contributed by atoms with van der Waals surface area (Å²) in [6, 6.07) is 12.4. The lowest BCUT2D eigenvalue weighted by Gasteiger charge is -2.23. The van der Waals surface area contributed by atoms with Crippen molar-refractivity contribution in [3.63, 3.8) is 0 Å². The van der Waals surface area contributed by atoms with Gasteiger partial charge in [0.15, 0.2) is 6.10 Å². The van der Waals surface area contributed by atoms with Gasteiger partial charge in [0.25, 0.3) is 5.91 Å². The molecular weight excluding hydrogens is 376 g/mol. The Balaban J connectivity index is 1.77. The Kier molecular flexibility index (Phi) is 5.25. The van der Waals surface area contributed by atoms with Crippen LogP contribution >= 0.6 is 0 Å². The number of ether oxygens (including phenoxy) is 1. The van der Waals surface area contributed by atoms with Crippen molar-refractivity contribution < 1.29 is 17.9 Å². The highest BCUT2D eigenvalue weighted by Crippen LogP contribution is 2.31. The standard InChI is InChI=1S/C21H26N2O4S/c1-14(27-17-8-6-16(7-9-17)21(2,3)4)20(24)23-12-11-15-5-10-18(13-19(15)23)28(22,25)26/h5-10,13-14H,11-12H2,1-4H3,(H2,22,25,26). The topological polar surface area (TPSA) is 89.7 Å². The Hall–Kier alpha value is -2.38. The first-order chi connectivity index (χ1) is 13.0. The van der Waals surface area contributed by atoms with E-state index in [0.29, 0.717) is 24.4 Å². The summed E-state index contributed by atoms with van der Waals surface area (Å²) < 4.78 is 29.1. The van der Waals surface area contributed by atoms with Crippen molar-refractivity contribution in [3.05, 3.63) is 53.6 Å². The van der Waals surface area contributed by atoms with Crippen LogP contribution in [0, 0.1) is 0 Å². The van der Waals surface area contributed by atoms with Gasteiger partial charge in [-0.3, -0.25) is 4.79 Å². The van der Waals surface area contributed by atoms with E-state index in [1.54, 1.807) is 17.9 Å². The fourth-order valence-electron chi connectivity index (χ4n) is 3.27. The summed E-state index contributed by atoms with van der Waals surface area (Å²) in [5, 5.41) is 5.22. The lowest BCUT2D eigenvalue weighted by atomic mass is 9.87. The van der Waals surface area contributed by atoms with Crippen LogP contribution in [0.5, 0.6) is 5.75 Å². The minimum absolute atomic E-state index is 0.00251. The van der Waals surface area contributed by atoms with Crippen molar-refractivity contribution in [3.8, 4) is 5.75 Å². The number of benzene rings is 2. The molecule has 1 heterocycles. The van der Waals surface area contributed by atoms with Crippen LogP contribution in [-0.4, -0.2) is 27.0 Å². The number of hydrogen-bond acceptors (Lipinski definition) is 4. The number of anilines is 1. The normalized spacial score (nSPS) is 15.2. The van der Waals surface area contributed by atoms with E-state index < -0.39 is 16.1 Å². The first-order valence-electron chi connectivity index (χ1n) is 9.21. The average molecular weight is 403 g/mol. The number of amides is 1. The van der Waals surface area contributed by atoms with E-state index in [4.69, 9.17) is 9.88 Å². The summed E-state index contributed by atoms with van der Waals surface area (Å²) >= 11 is 0.